The van der Waals surface area contributed by atoms with Crippen LogP contribution in [-0.4, -0.2) is 33.6 Å². The van der Waals surface area contributed by atoms with Crippen LogP contribution >= 0.6 is 0 Å². The third-order valence-electron chi connectivity index (χ3n) is 8.58. The Labute approximate surface area is 184 Å². The second kappa shape index (κ2) is 9.71. The van der Waals surface area contributed by atoms with E-state index in [0.29, 0.717) is 36.5 Å². The van der Waals surface area contributed by atoms with Gasteiger partial charge in [-0.25, -0.2) is 0 Å². The number of allylic oxidation sites excluding steroid dienone is 3. The van der Waals surface area contributed by atoms with Crippen molar-refractivity contribution >= 4 is 0 Å². The fraction of sp³-hybridized carbons (Fsp3) is 0.778. The summed E-state index contributed by atoms with van der Waals surface area (Å²) >= 11 is 0. The van der Waals surface area contributed by atoms with Gasteiger partial charge in [-0.1, -0.05) is 52.0 Å². The normalized spacial score (nSPS) is 39.5. The minimum Gasteiger partial charge on any atom is -0.393 e. The molecule has 1 unspecified atom stereocenters. The van der Waals surface area contributed by atoms with Gasteiger partial charge in [0.1, 0.15) is 0 Å². The Morgan fingerprint density at radius 2 is 1.87 bits per heavy atom. The highest BCUT2D eigenvalue weighted by atomic mass is 16.3. The molecule has 3 heteroatoms. The quantitative estimate of drug-likeness (QED) is 0.531. The molecule has 3 saturated carbocycles. The van der Waals surface area contributed by atoms with Gasteiger partial charge in [0.2, 0.25) is 0 Å². The zero-order valence-corrected chi connectivity index (χ0v) is 19.6. The third-order valence-corrected chi connectivity index (χ3v) is 8.58. The molecule has 0 amide bonds. The summed E-state index contributed by atoms with van der Waals surface area (Å²) in [6, 6.07) is 0. The molecule has 0 saturated heterocycles. The molecular formula is C27H44O3. The maximum Gasteiger partial charge on any atom is 0.0811 e. The van der Waals surface area contributed by atoms with Crippen LogP contribution in [0.1, 0.15) is 85.5 Å². The smallest absolute Gasteiger partial charge is 0.0811 e. The molecule has 30 heavy (non-hydrogen) atoms. The summed E-state index contributed by atoms with van der Waals surface area (Å²) in [7, 11) is 0. The van der Waals surface area contributed by atoms with E-state index in [1.165, 1.54) is 31.3 Å². The molecule has 3 aliphatic carbocycles. The van der Waals surface area contributed by atoms with Crippen molar-refractivity contribution in [1.82, 2.24) is 0 Å². The van der Waals surface area contributed by atoms with Crippen LogP contribution in [0.15, 0.2) is 35.5 Å². The van der Waals surface area contributed by atoms with Crippen molar-refractivity contribution in [3.63, 3.8) is 0 Å². The Kier molecular flexibility index (Phi) is 7.69. The standard InChI is InChI=1S/C27H44O3/c1-17(2)8-13-25(29)19(4)23-11-12-24-20(7-6-14-27(23,24)5)9-10-21-15-22(28)16-26(30)18(21)3/h9-10,17,19,22-26,28-30H,3,6-8,11-16H2,1-2,4-5H3/b20-9+,21-10-/t19-,22+,23+,24-,25?,26-,27+/m0/s1. The van der Waals surface area contributed by atoms with Crippen LogP contribution in [0.3, 0.4) is 0 Å². The number of aliphatic hydroxyl groups excluding tert-OH is 3. The molecule has 0 aromatic rings. The van der Waals surface area contributed by atoms with Gasteiger partial charge in [-0.2, -0.15) is 0 Å². The maximum absolute atomic E-state index is 10.9. The average molecular weight is 417 g/mol. The summed E-state index contributed by atoms with van der Waals surface area (Å²) in [4.78, 5) is 0. The molecule has 3 nitrogen and oxygen atoms in total. The highest BCUT2D eigenvalue weighted by molar-refractivity contribution is 5.38. The topological polar surface area (TPSA) is 60.7 Å². The lowest BCUT2D eigenvalue weighted by Gasteiger charge is -2.45. The van der Waals surface area contributed by atoms with Gasteiger partial charge in [0, 0.05) is 6.42 Å². The van der Waals surface area contributed by atoms with Gasteiger partial charge in [0.25, 0.3) is 0 Å². The van der Waals surface area contributed by atoms with Gasteiger partial charge < -0.3 is 15.3 Å². The number of aliphatic hydroxyl groups is 3. The second-order valence-corrected chi connectivity index (χ2v) is 11.1. The molecule has 3 N–H and O–H groups in total. The maximum atomic E-state index is 10.9. The van der Waals surface area contributed by atoms with Crippen molar-refractivity contribution in [3.05, 3.63) is 35.5 Å². The van der Waals surface area contributed by atoms with Crippen molar-refractivity contribution in [2.24, 2.45) is 29.1 Å². The lowest BCUT2D eigenvalue weighted by molar-refractivity contribution is 0.0147. The molecule has 0 radical (unpaired) electrons. The average Bonchev–Trinajstić information content (AvgIpc) is 3.04. The first-order valence-corrected chi connectivity index (χ1v) is 12.3. The van der Waals surface area contributed by atoms with E-state index in [1.807, 2.05) is 0 Å². The van der Waals surface area contributed by atoms with E-state index in [1.54, 1.807) is 0 Å². The van der Waals surface area contributed by atoms with Gasteiger partial charge in [-0.3, -0.25) is 0 Å². The SMILES string of the molecule is C=C1/C(=C\C=C2/CCC[C@]3(C)[C@@H]([C@H](C)C(O)CCC(C)C)CC[C@@H]23)C[C@@H](O)C[C@@H]1O. The lowest BCUT2D eigenvalue weighted by Crippen LogP contribution is -2.39. The summed E-state index contributed by atoms with van der Waals surface area (Å²) < 4.78 is 0. The van der Waals surface area contributed by atoms with Crippen molar-refractivity contribution < 1.29 is 15.3 Å². The monoisotopic (exact) mass is 416 g/mol. The Hall–Kier alpha value is -0.900. The van der Waals surface area contributed by atoms with Crippen LogP contribution in [0.4, 0.5) is 0 Å². The van der Waals surface area contributed by atoms with Crippen molar-refractivity contribution in [2.75, 3.05) is 0 Å². The van der Waals surface area contributed by atoms with Gasteiger partial charge in [-0.05, 0) is 91.6 Å². The van der Waals surface area contributed by atoms with E-state index >= 15 is 0 Å². The Morgan fingerprint density at radius 3 is 2.57 bits per heavy atom. The summed E-state index contributed by atoms with van der Waals surface area (Å²) in [6.07, 6.45) is 12.1. The zero-order valence-electron chi connectivity index (χ0n) is 19.6. The number of fused-ring (bicyclic) bond motifs is 1. The predicted molar refractivity (Wildman–Crippen MR) is 124 cm³/mol. The van der Waals surface area contributed by atoms with E-state index in [2.05, 4.69) is 46.4 Å². The minimum absolute atomic E-state index is 0.196. The molecule has 7 atom stereocenters. The highest BCUT2D eigenvalue weighted by Crippen LogP contribution is 2.60. The summed E-state index contributed by atoms with van der Waals surface area (Å²) in [6.45, 7) is 13.3. The first-order chi connectivity index (χ1) is 14.1. The van der Waals surface area contributed by atoms with E-state index in [9.17, 15) is 15.3 Å². The molecule has 0 aromatic heterocycles. The molecule has 0 heterocycles. The van der Waals surface area contributed by atoms with E-state index in [4.69, 9.17) is 0 Å². The fourth-order valence-electron chi connectivity index (χ4n) is 6.64. The molecule has 0 aliphatic heterocycles. The zero-order chi connectivity index (χ0) is 22.1. The molecule has 3 aliphatic rings. The third kappa shape index (κ3) is 4.95. The summed E-state index contributed by atoms with van der Waals surface area (Å²) in [5.41, 5.74) is 3.55. The van der Waals surface area contributed by atoms with Crippen LogP contribution < -0.4 is 0 Å². The first kappa shape index (κ1) is 23.8. The van der Waals surface area contributed by atoms with Gasteiger partial charge >= 0.3 is 0 Å². The number of hydrogen-bond donors (Lipinski definition) is 3. The first-order valence-electron chi connectivity index (χ1n) is 12.3. The Morgan fingerprint density at radius 1 is 1.13 bits per heavy atom. The van der Waals surface area contributed by atoms with Gasteiger partial charge in [-0.15, -0.1) is 0 Å². The van der Waals surface area contributed by atoms with Crippen molar-refractivity contribution in [2.45, 2.75) is 104 Å². The fourth-order valence-corrected chi connectivity index (χ4v) is 6.64. The van der Waals surface area contributed by atoms with Gasteiger partial charge in [0.15, 0.2) is 0 Å². The molecule has 3 rings (SSSR count). The molecule has 0 spiro atoms. The number of rotatable bonds is 6. The van der Waals surface area contributed by atoms with Crippen LogP contribution in [-0.2, 0) is 0 Å². The van der Waals surface area contributed by atoms with Crippen molar-refractivity contribution in [3.8, 4) is 0 Å². The predicted octanol–water partition coefficient (Wildman–Crippen LogP) is 5.56. The van der Waals surface area contributed by atoms with E-state index < -0.39 is 12.2 Å². The molecule has 0 bridgehead atoms. The Balaban J connectivity index is 1.75. The van der Waals surface area contributed by atoms with Crippen LogP contribution in [0, 0.1) is 29.1 Å². The van der Waals surface area contributed by atoms with E-state index in [-0.39, 0.29) is 11.5 Å². The van der Waals surface area contributed by atoms with Crippen LogP contribution in [0.2, 0.25) is 0 Å². The number of hydrogen-bond acceptors (Lipinski definition) is 3. The summed E-state index contributed by atoms with van der Waals surface area (Å²) in [5.74, 6) is 2.15. The van der Waals surface area contributed by atoms with Gasteiger partial charge in [0.05, 0.1) is 18.3 Å². The Bertz CT molecular complexity index is 676. The van der Waals surface area contributed by atoms with E-state index in [0.717, 1.165) is 30.4 Å². The molecule has 0 aromatic carbocycles. The van der Waals surface area contributed by atoms with Crippen LogP contribution in [0.5, 0.6) is 0 Å². The molecule has 3 fully saturated rings. The largest absolute Gasteiger partial charge is 0.393 e. The molecular weight excluding hydrogens is 372 g/mol. The highest BCUT2D eigenvalue weighted by Gasteiger charge is 2.51. The lowest BCUT2D eigenvalue weighted by atomic mass is 9.60. The van der Waals surface area contributed by atoms with Crippen LogP contribution in [0.25, 0.3) is 0 Å². The van der Waals surface area contributed by atoms with Crippen molar-refractivity contribution in [1.29, 1.82) is 0 Å². The minimum atomic E-state index is -0.626. The molecule has 170 valence electrons. The summed E-state index contributed by atoms with van der Waals surface area (Å²) in [5, 5.41) is 31.0. The second-order valence-electron chi connectivity index (χ2n) is 11.1.